The van der Waals surface area contributed by atoms with Crippen molar-refractivity contribution in [2.24, 2.45) is 23.5 Å². The van der Waals surface area contributed by atoms with E-state index in [-0.39, 0.29) is 11.8 Å². The molecule has 0 aromatic rings. The lowest BCUT2D eigenvalue weighted by molar-refractivity contribution is -0.192. The molecular formula is C9H10F5NO2. The third-order valence-corrected chi connectivity index (χ3v) is 3.90. The number of carboxylic acids is 1. The zero-order valence-corrected chi connectivity index (χ0v) is 8.47. The summed E-state index contributed by atoms with van der Waals surface area (Å²) in [7, 11) is 0. The zero-order chi connectivity index (χ0) is 13.2. The Balaban J connectivity index is 0.000000139. The molecule has 4 atom stereocenters. The highest BCUT2D eigenvalue weighted by Crippen LogP contribution is 2.77. The van der Waals surface area contributed by atoms with Crippen LogP contribution >= 0.6 is 0 Å². The Morgan fingerprint density at radius 3 is 1.88 bits per heavy atom. The maximum atomic E-state index is 13.0. The molecule has 17 heavy (non-hydrogen) atoms. The molecule has 8 heteroatoms. The average Bonchev–Trinajstić information content (AvgIpc) is 2.35. The third-order valence-electron chi connectivity index (χ3n) is 3.90. The first-order valence-electron chi connectivity index (χ1n) is 4.98. The van der Waals surface area contributed by atoms with Gasteiger partial charge >= 0.3 is 12.1 Å². The van der Waals surface area contributed by atoms with Crippen molar-refractivity contribution in [1.29, 1.82) is 0 Å². The van der Waals surface area contributed by atoms with E-state index in [1.54, 1.807) is 0 Å². The fourth-order valence-corrected chi connectivity index (χ4v) is 3.16. The molecule has 4 rings (SSSR count). The quantitative estimate of drug-likeness (QED) is 0.650. The van der Waals surface area contributed by atoms with Gasteiger partial charge in [0.05, 0.1) is 0 Å². The van der Waals surface area contributed by atoms with Gasteiger partial charge in [-0.2, -0.15) is 13.2 Å². The highest BCUT2D eigenvalue weighted by molar-refractivity contribution is 5.73. The smallest absolute Gasteiger partial charge is 0.475 e. The second-order valence-corrected chi connectivity index (χ2v) is 4.81. The first-order valence-corrected chi connectivity index (χ1v) is 4.98. The number of rotatable bonds is 0. The van der Waals surface area contributed by atoms with Crippen molar-refractivity contribution < 1.29 is 31.9 Å². The van der Waals surface area contributed by atoms with E-state index in [9.17, 15) is 22.0 Å². The number of carbonyl (C=O) groups is 1. The van der Waals surface area contributed by atoms with Crippen LogP contribution in [0.15, 0.2) is 0 Å². The largest absolute Gasteiger partial charge is 0.490 e. The van der Waals surface area contributed by atoms with Crippen LogP contribution < -0.4 is 5.73 Å². The summed E-state index contributed by atoms with van der Waals surface area (Å²) in [4.78, 5) is 8.90. The second-order valence-electron chi connectivity index (χ2n) is 4.81. The number of alkyl halides is 5. The van der Waals surface area contributed by atoms with E-state index in [1.807, 2.05) is 0 Å². The van der Waals surface area contributed by atoms with Crippen molar-refractivity contribution in [2.75, 3.05) is 0 Å². The van der Waals surface area contributed by atoms with Crippen LogP contribution in [0.4, 0.5) is 22.0 Å². The number of halogens is 5. The second kappa shape index (κ2) is 3.09. The zero-order valence-electron chi connectivity index (χ0n) is 8.47. The van der Waals surface area contributed by atoms with Crippen LogP contribution in [-0.2, 0) is 4.79 Å². The molecule has 4 bridgehead atoms. The van der Waals surface area contributed by atoms with E-state index in [0.29, 0.717) is 12.8 Å². The van der Waals surface area contributed by atoms with Gasteiger partial charge in [-0.15, -0.1) is 0 Å². The first-order chi connectivity index (χ1) is 7.51. The molecular weight excluding hydrogens is 249 g/mol. The molecule has 0 spiro atoms. The number of hydrogen-bond donors (Lipinski definition) is 2. The summed E-state index contributed by atoms with van der Waals surface area (Å²) in [5, 5.41) is 7.12. The summed E-state index contributed by atoms with van der Waals surface area (Å²) in [5.41, 5.74) is 5.31. The Kier molecular flexibility index (Phi) is 2.28. The summed E-state index contributed by atoms with van der Waals surface area (Å²) in [6.45, 7) is 0. The number of carboxylic acid groups (broad SMARTS) is 1. The van der Waals surface area contributed by atoms with Crippen molar-refractivity contribution in [1.82, 2.24) is 0 Å². The minimum absolute atomic E-state index is 0.174. The molecule has 98 valence electrons. The van der Waals surface area contributed by atoms with Gasteiger partial charge in [0, 0.05) is 17.4 Å². The topological polar surface area (TPSA) is 63.3 Å². The van der Waals surface area contributed by atoms with Gasteiger partial charge in [0.15, 0.2) is 0 Å². The van der Waals surface area contributed by atoms with E-state index in [2.05, 4.69) is 0 Å². The van der Waals surface area contributed by atoms with Gasteiger partial charge in [-0.3, -0.25) is 0 Å². The molecule has 4 fully saturated rings. The minimum atomic E-state index is -5.08. The lowest BCUT2D eigenvalue weighted by atomic mass is 10.1. The van der Waals surface area contributed by atoms with Crippen molar-refractivity contribution in [3.63, 3.8) is 0 Å². The summed E-state index contributed by atoms with van der Waals surface area (Å²) in [6, 6.07) is 0. The molecule has 0 aliphatic heterocycles. The Morgan fingerprint density at radius 2 is 1.82 bits per heavy atom. The Bertz CT molecular complexity index is 369. The predicted octanol–water partition coefficient (Wildman–Crippen LogP) is 1.62. The molecule has 0 aromatic heterocycles. The summed E-state index contributed by atoms with van der Waals surface area (Å²) < 4.78 is 57.7. The molecule has 0 amide bonds. The van der Waals surface area contributed by atoms with E-state index in [0.717, 1.165) is 0 Å². The summed E-state index contributed by atoms with van der Waals surface area (Å²) in [5.74, 6) is -5.79. The standard InChI is InChI=1S/C7H9F2N.C2HF3O2/c8-7(9)3-1-4-5(7)6(4,10)2-3;3-2(4,5)1(6)7/h3-5H,1-2,10H2;(H,6,7). The maximum Gasteiger partial charge on any atom is 0.490 e. The molecule has 0 heterocycles. The van der Waals surface area contributed by atoms with E-state index < -0.39 is 29.5 Å². The molecule has 0 saturated heterocycles. The molecule has 4 aliphatic rings. The third kappa shape index (κ3) is 1.61. The van der Waals surface area contributed by atoms with Gasteiger partial charge in [-0.25, -0.2) is 13.6 Å². The Labute approximate surface area is 92.8 Å². The molecule has 0 radical (unpaired) electrons. The molecule has 4 saturated carbocycles. The predicted molar refractivity (Wildman–Crippen MR) is 45.3 cm³/mol. The van der Waals surface area contributed by atoms with Crippen molar-refractivity contribution in [3.8, 4) is 0 Å². The van der Waals surface area contributed by atoms with Crippen LogP contribution in [0.3, 0.4) is 0 Å². The van der Waals surface area contributed by atoms with E-state index in [4.69, 9.17) is 15.6 Å². The molecule has 0 aromatic carbocycles. The van der Waals surface area contributed by atoms with Crippen molar-refractivity contribution in [3.05, 3.63) is 0 Å². The highest BCUT2D eigenvalue weighted by Gasteiger charge is 2.85. The van der Waals surface area contributed by atoms with Crippen LogP contribution in [0.25, 0.3) is 0 Å². The number of nitrogens with two attached hydrogens (primary N) is 1. The number of aliphatic carboxylic acids is 1. The number of hydrogen-bond acceptors (Lipinski definition) is 2. The van der Waals surface area contributed by atoms with Crippen molar-refractivity contribution >= 4 is 5.97 Å². The lowest BCUT2D eigenvalue weighted by Crippen LogP contribution is -2.24. The van der Waals surface area contributed by atoms with Gasteiger partial charge < -0.3 is 10.8 Å². The molecule has 3 N–H and O–H groups in total. The van der Waals surface area contributed by atoms with Gasteiger partial charge in [0.25, 0.3) is 5.92 Å². The Morgan fingerprint density at radius 1 is 1.35 bits per heavy atom. The fourth-order valence-electron chi connectivity index (χ4n) is 3.16. The SMILES string of the molecule is NC12CC3CC1C2C3(F)F.O=C(O)C(F)(F)F. The first kappa shape index (κ1) is 12.5. The molecule has 3 nitrogen and oxygen atoms in total. The van der Waals surface area contributed by atoms with Gasteiger partial charge in [0.1, 0.15) is 0 Å². The monoisotopic (exact) mass is 259 g/mol. The Hall–Kier alpha value is -0.920. The normalized spacial score (nSPS) is 44.0. The molecule has 4 aliphatic carbocycles. The van der Waals surface area contributed by atoms with Crippen LogP contribution in [0.2, 0.25) is 0 Å². The molecule has 4 unspecified atom stereocenters. The van der Waals surface area contributed by atoms with Gasteiger partial charge in [-0.1, -0.05) is 0 Å². The summed E-state index contributed by atoms with van der Waals surface area (Å²) in [6.07, 6.45) is -3.82. The van der Waals surface area contributed by atoms with Crippen LogP contribution in [-0.4, -0.2) is 28.7 Å². The van der Waals surface area contributed by atoms with Crippen molar-refractivity contribution in [2.45, 2.75) is 30.5 Å². The van der Waals surface area contributed by atoms with E-state index in [1.165, 1.54) is 0 Å². The fraction of sp³-hybridized carbons (Fsp3) is 0.889. The lowest BCUT2D eigenvalue weighted by Gasteiger charge is -2.11. The van der Waals surface area contributed by atoms with Gasteiger partial charge in [-0.05, 0) is 18.8 Å². The van der Waals surface area contributed by atoms with Crippen LogP contribution in [0, 0.1) is 17.8 Å². The minimum Gasteiger partial charge on any atom is -0.475 e. The van der Waals surface area contributed by atoms with E-state index >= 15 is 0 Å². The van der Waals surface area contributed by atoms with Gasteiger partial charge in [0.2, 0.25) is 0 Å². The maximum absolute atomic E-state index is 13.0. The highest BCUT2D eigenvalue weighted by atomic mass is 19.4. The summed E-state index contributed by atoms with van der Waals surface area (Å²) >= 11 is 0. The van der Waals surface area contributed by atoms with Crippen LogP contribution in [0.5, 0.6) is 0 Å². The van der Waals surface area contributed by atoms with Crippen LogP contribution in [0.1, 0.15) is 12.8 Å². The average molecular weight is 259 g/mol.